The second-order valence-corrected chi connectivity index (χ2v) is 4.73. The van der Waals surface area contributed by atoms with E-state index in [0.29, 0.717) is 12.6 Å². The second kappa shape index (κ2) is 5.10. The van der Waals surface area contributed by atoms with Crippen molar-refractivity contribution in [3.8, 4) is 0 Å². The standard InChI is InChI=1S/C11H24N2O/c1-4-11(2,3)13-7-6-12-9-10(13)5-8-14/h10,12,14H,4-9H2,1-3H3/t10-/m1/s1. The topological polar surface area (TPSA) is 35.5 Å². The number of nitrogens with zero attached hydrogens (tertiary/aromatic N) is 1. The molecule has 0 aromatic rings. The van der Waals surface area contributed by atoms with Gasteiger partial charge in [0, 0.05) is 37.8 Å². The fourth-order valence-corrected chi connectivity index (χ4v) is 2.17. The van der Waals surface area contributed by atoms with Gasteiger partial charge < -0.3 is 10.4 Å². The van der Waals surface area contributed by atoms with Crippen LogP contribution in [0.2, 0.25) is 0 Å². The van der Waals surface area contributed by atoms with Crippen molar-refractivity contribution < 1.29 is 5.11 Å². The zero-order chi connectivity index (χ0) is 10.6. The molecule has 0 bridgehead atoms. The van der Waals surface area contributed by atoms with E-state index in [1.165, 1.54) is 0 Å². The van der Waals surface area contributed by atoms with Gasteiger partial charge in [-0.3, -0.25) is 4.90 Å². The summed E-state index contributed by atoms with van der Waals surface area (Å²) in [6, 6.07) is 0.503. The molecule has 3 nitrogen and oxygen atoms in total. The SMILES string of the molecule is CCC(C)(C)N1CCNC[C@H]1CCO. The van der Waals surface area contributed by atoms with Gasteiger partial charge in [-0.2, -0.15) is 0 Å². The van der Waals surface area contributed by atoms with Gasteiger partial charge >= 0.3 is 0 Å². The molecule has 1 saturated heterocycles. The smallest absolute Gasteiger partial charge is 0.0446 e. The first kappa shape index (κ1) is 12.0. The molecule has 0 spiro atoms. The summed E-state index contributed by atoms with van der Waals surface area (Å²) in [7, 11) is 0. The van der Waals surface area contributed by atoms with Crippen molar-refractivity contribution in [3.05, 3.63) is 0 Å². The van der Waals surface area contributed by atoms with Crippen LogP contribution in [0.1, 0.15) is 33.6 Å². The van der Waals surface area contributed by atoms with E-state index in [1.54, 1.807) is 0 Å². The number of hydrogen-bond acceptors (Lipinski definition) is 3. The molecule has 1 heterocycles. The molecule has 14 heavy (non-hydrogen) atoms. The first-order valence-electron chi connectivity index (χ1n) is 5.70. The highest BCUT2D eigenvalue weighted by Gasteiger charge is 2.32. The lowest BCUT2D eigenvalue weighted by Crippen LogP contribution is -2.59. The maximum atomic E-state index is 9.02. The zero-order valence-corrected chi connectivity index (χ0v) is 9.71. The van der Waals surface area contributed by atoms with Crippen molar-refractivity contribution in [2.24, 2.45) is 0 Å². The summed E-state index contributed by atoms with van der Waals surface area (Å²) < 4.78 is 0. The van der Waals surface area contributed by atoms with E-state index >= 15 is 0 Å². The minimum Gasteiger partial charge on any atom is -0.396 e. The Morgan fingerprint density at radius 3 is 2.79 bits per heavy atom. The molecule has 0 aromatic heterocycles. The summed E-state index contributed by atoms with van der Waals surface area (Å²) in [5.41, 5.74) is 0.266. The van der Waals surface area contributed by atoms with Crippen LogP contribution < -0.4 is 5.32 Å². The molecule has 1 rings (SSSR count). The molecule has 0 amide bonds. The average Bonchev–Trinajstić information content (AvgIpc) is 2.19. The third-order valence-corrected chi connectivity index (χ3v) is 3.46. The van der Waals surface area contributed by atoms with Crippen LogP contribution in [-0.4, -0.2) is 47.8 Å². The number of rotatable bonds is 4. The van der Waals surface area contributed by atoms with Crippen molar-refractivity contribution in [1.82, 2.24) is 10.2 Å². The van der Waals surface area contributed by atoms with Gasteiger partial charge in [0.25, 0.3) is 0 Å². The summed E-state index contributed by atoms with van der Waals surface area (Å²) in [6.45, 7) is 10.3. The van der Waals surface area contributed by atoms with E-state index < -0.39 is 0 Å². The number of piperazine rings is 1. The summed E-state index contributed by atoms with van der Waals surface area (Å²) >= 11 is 0. The molecule has 1 aliphatic rings. The number of hydrogen-bond donors (Lipinski definition) is 2. The summed E-state index contributed by atoms with van der Waals surface area (Å²) in [5.74, 6) is 0. The maximum absolute atomic E-state index is 9.02. The summed E-state index contributed by atoms with van der Waals surface area (Å²) in [5, 5.41) is 12.4. The monoisotopic (exact) mass is 200 g/mol. The van der Waals surface area contributed by atoms with Crippen LogP contribution in [-0.2, 0) is 0 Å². The Bertz CT molecular complexity index is 169. The molecule has 0 radical (unpaired) electrons. The summed E-state index contributed by atoms with van der Waals surface area (Å²) in [4.78, 5) is 2.54. The lowest BCUT2D eigenvalue weighted by Gasteiger charge is -2.46. The van der Waals surface area contributed by atoms with Gasteiger partial charge in [0.05, 0.1) is 0 Å². The molecule has 1 fully saturated rings. The first-order valence-corrected chi connectivity index (χ1v) is 5.70. The van der Waals surface area contributed by atoms with Crippen LogP contribution in [0.5, 0.6) is 0 Å². The quantitative estimate of drug-likeness (QED) is 0.705. The van der Waals surface area contributed by atoms with Crippen LogP contribution >= 0.6 is 0 Å². The van der Waals surface area contributed by atoms with Gasteiger partial charge in [-0.15, -0.1) is 0 Å². The van der Waals surface area contributed by atoms with E-state index in [9.17, 15) is 0 Å². The largest absolute Gasteiger partial charge is 0.396 e. The van der Waals surface area contributed by atoms with Gasteiger partial charge in [0.1, 0.15) is 0 Å². The van der Waals surface area contributed by atoms with Crippen LogP contribution in [0.4, 0.5) is 0 Å². The Hall–Kier alpha value is -0.120. The van der Waals surface area contributed by atoms with Crippen molar-refractivity contribution in [3.63, 3.8) is 0 Å². The maximum Gasteiger partial charge on any atom is 0.0446 e. The van der Waals surface area contributed by atoms with Gasteiger partial charge in [0.15, 0.2) is 0 Å². The molecule has 0 aromatic carbocycles. The van der Waals surface area contributed by atoms with E-state index in [2.05, 4.69) is 31.0 Å². The second-order valence-electron chi connectivity index (χ2n) is 4.73. The minimum atomic E-state index is 0.266. The Morgan fingerprint density at radius 2 is 2.21 bits per heavy atom. The molecule has 3 heteroatoms. The first-order chi connectivity index (χ1) is 6.61. The Labute approximate surface area is 87.5 Å². The molecule has 2 N–H and O–H groups in total. The molecule has 1 aliphatic heterocycles. The van der Waals surface area contributed by atoms with E-state index in [-0.39, 0.29) is 5.54 Å². The number of aliphatic hydroxyl groups is 1. The highest BCUT2D eigenvalue weighted by atomic mass is 16.3. The van der Waals surface area contributed by atoms with Gasteiger partial charge in [0.2, 0.25) is 0 Å². The normalized spacial score (nSPS) is 25.3. The Balaban J connectivity index is 2.61. The number of nitrogens with one attached hydrogen (secondary N) is 1. The predicted octanol–water partition coefficient (Wildman–Crippen LogP) is 0.831. The molecular formula is C11H24N2O. The van der Waals surface area contributed by atoms with E-state index in [0.717, 1.165) is 32.5 Å². The van der Waals surface area contributed by atoms with Gasteiger partial charge in [-0.25, -0.2) is 0 Å². The molecule has 0 saturated carbocycles. The summed E-state index contributed by atoms with van der Waals surface area (Å²) in [6.07, 6.45) is 2.05. The third-order valence-electron chi connectivity index (χ3n) is 3.46. The molecule has 84 valence electrons. The fourth-order valence-electron chi connectivity index (χ4n) is 2.17. The highest BCUT2D eigenvalue weighted by molar-refractivity contribution is 4.89. The third kappa shape index (κ3) is 2.69. The molecule has 0 unspecified atom stereocenters. The molecule has 0 aliphatic carbocycles. The van der Waals surface area contributed by atoms with Crippen molar-refractivity contribution in [2.75, 3.05) is 26.2 Å². The van der Waals surface area contributed by atoms with Crippen LogP contribution in [0, 0.1) is 0 Å². The van der Waals surface area contributed by atoms with Crippen molar-refractivity contribution >= 4 is 0 Å². The van der Waals surface area contributed by atoms with Crippen molar-refractivity contribution in [2.45, 2.75) is 45.2 Å². The van der Waals surface area contributed by atoms with Gasteiger partial charge in [-0.05, 0) is 26.7 Å². The molecule has 1 atom stereocenters. The van der Waals surface area contributed by atoms with Crippen LogP contribution in [0.25, 0.3) is 0 Å². The van der Waals surface area contributed by atoms with E-state index in [4.69, 9.17) is 5.11 Å². The Kier molecular flexibility index (Phi) is 4.35. The molecular weight excluding hydrogens is 176 g/mol. The average molecular weight is 200 g/mol. The number of aliphatic hydroxyl groups excluding tert-OH is 1. The van der Waals surface area contributed by atoms with Crippen molar-refractivity contribution in [1.29, 1.82) is 0 Å². The lowest BCUT2D eigenvalue weighted by atomic mass is 9.94. The highest BCUT2D eigenvalue weighted by Crippen LogP contribution is 2.23. The van der Waals surface area contributed by atoms with Crippen LogP contribution in [0.15, 0.2) is 0 Å². The van der Waals surface area contributed by atoms with Crippen LogP contribution in [0.3, 0.4) is 0 Å². The fraction of sp³-hybridized carbons (Fsp3) is 1.00. The Morgan fingerprint density at radius 1 is 1.50 bits per heavy atom. The zero-order valence-electron chi connectivity index (χ0n) is 9.71. The minimum absolute atomic E-state index is 0.266. The predicted molar refractivity (Wildman–Crippen MR) is 59.4 cm³/mol. The lowest BCUT2D eigenvalue weighted by molar-refractivity contribution is 0.0342. The van der Waals surface area contributed by atoms with Gasteiger partial charge in [-0.1, -0.05) is 6.92 Å². The van der Waals surface area contributed by atoms with E-state index in [1.807, 2.05) is 0 Å².